The number of carbonyl (C=O) groups excluding carboxylic acids is 1. The molecule has 0 spiro atoms. The normalized spacial score (nSPS) is 22.4. The second kappa shape index (κ2) is 8.59. The third kappa shape index (κ3) is 3.90. The summed E-state index contributed by atoms with van der Waals surface area (Å²) in [4.78, 5) is 32.7. The molecule has 0 bridgehead atoms. The number of aromatic nitrogens is 5. The summed E-state index contributed by atoms with van der Waals surface area (Å²) in [6.45, 7) is 7.38. The molecule has 0 aromatic carbocycles. The molecule has 1 N–H and O–H groups in total. The second-order valence-corrected chi connectivity index (χ2v) is 10.3. The van der Waals surface area contributed by atoms with Gasteiger partial charge in [0.15, 0.2) is 0 Å². The number of amides is 1. The van der Waals surface area contributed by atoms with Crippen LogP contribution < -0.4 is 5.32 Å². The Morgan fingerprint density at radius 1 is 1.03 bits per heavy atom. The fourth-order valence-electron chi connectivity index (χ4n) is 5.77. The van der Waals surface area contributed by atoms with E-state index in [-0.39, 0.29) is 11.8 Å². The monoisotopic (exact) mass is 469 g/mol. The molecule has 1 atom stereocenters. The molecular weight excluding hydrogens is 438 g/mol. The van der Waals surface area contributed by atoms with E-state index in [1.54, 1.807) is 6.92 Å². The molecule has 0 unspecified atom stereocenters. The van der Waals surface area contributed by atoms with Gasteiger partial charge in [0, 0.05) is 55.1 Å². The van der Waals surface area contributed by atoms with Crippen LogP contribution in [0, 0.1) is 5.92 Å². The Morgan fingerprint density at radius 3 is 2.66 bits per heavy atom. The first kappa shape index (κ1) is 21.9. The van der Waals surface area contributed by atoms with Gasteiger partial charge in [-0.3, -0.25) is 9.78 Å². The predicted octanol–water partition coefficient (Wildman–Crippen LogP) is 5.33. The van der Waals surface area contributed by atoms with Crippen molar-refractivity contribution in [1.82, 2.24) is 29.4 Å². The Labute approximate surface area is 204 Å². The number of fused-ring (bicyclic) bond motifs is 4. The molecule has 35 heavy (non-hydrogen) atoms. The van der Waals surface area contributed by atoms with E-state index in [1.807, 2.05) is 29.6 Å². The number of pyridine rings is 2. The van der Waals surface area contributed by atoms with E-state index in [2.05, 4.69) is 45.8 Å². The van der Waals surface area contributed by atoms with Crippen molar-refractivity contribution in [1.29, 1.82) is 0 Å². The lowest BCUT2D eigenvalue weighted by Crippen LogP contribution is -2.36. The van der Waals surface area contributed by atoms with Crippen LogP contribution in [-0.4, -0.2) is 41.9 Å². The summed E-state index contributed by atoms with van der Waals surface area (Å²) in [5.41, 5.74) is 4.21. The van der Waals surface area contributed by atoms with Crippen LogP contribution in [-0.2, 0) is 11.3 Å². The molecule has 5 heterocycles. The average Bonchev–Trinajstić information content (AvgIpc) is 3.18. The molecule has 1 amide bonds. The third-order valence-electron chi connectivity index (χ3n) is 7.72. The minimum absolute atomic E-state index is 0.101. The van der Waals surface area contributed by atoms with Crippen molar-refractivity contribution in [2.24, 2.45) is 5.92 Å². The van der Waals surface area contributed by atoms with E-state index < -0.39 is 0 Å². The van der Waals surface area contributed by atoms with E-state index in [9.17, 15) is 4.79 Å². The van der Waals surface area contributed by atoms with Crippen LogP contribution in [0.1, 0.15) is 69.7 Å². The van der Waals surface area contributed by atoms with Crippen LogP contribution >= 0.6 is 0 Å². The highest BCUT2D eigenvalue weighted by atomic mass is 16.2. The first-order chi connectivity index (χ1) is 17.0. The average molecular weight is 470 g/mol. The summed E-state index contributed by atoms with van der Waals surface area (Å²) in [5, 5.41) is 5.55. The van der Waals surface area contributed by atoms with E-state index in [0.29, 0.717) is 25.1 Å². The Bertz CT molecular complexity index is 1420. The fraction of sp³-hybridized carbons (Fsp3) is 0.444. The largest absolute Gasteiger partial charge is 0.338 e. The summed E-state index contributed by atoms with van der Waals surface area (Å²) in [6, 6.07) is 6.49. The fourth-order valence-corrected chi connectivity index (χ4v) is 5.77. The number of hydrogen-bond acceptors (Lipinski definition) is 6. The number of hydrogen-bond donors (Lipinski definition) is 1. The van der Waals surface area contributed by atoms with Crippen LogP contribution in [0.25, 0.3) is 21.9 Å². The molecular formula is C27H31N7O. The first-order valence-electron chi connectivity index (χ1n) is 12.6. The zero-order chi connectivity index (χ0) is 24.1. The van der Waals surface area contributed by atoms with Gasteiger partial charge in [0.2, 0.25) is 11.9 Å². The lowest BCUT2D eigenvalue weighted by atomic mass is 9.87. The van der Waals surface area contributed by atoms with Gasteiger partial charge < -0.3 is 14.8 Å². The Hall–Kier alpha value is -3.55. The SMILES string of the molecule is CC(=O)N1Cc2ccc(Nc3ncc4c5ccncc5n(C5CCC(C)CC5)c4n3)nc2[C@H](C)C1. The van der Waals surface area contributed by atoms with Crippen LogP contribution in [0.15, 0.2) is 36.8 Å². The number of nitrogens with one attached hydrogen (secondary N) is 1. The van der Waals surface area contributed by atoms with E-state index in [1.165, 1.54) is 12.8 Å². The standard InChI is InChI=1S/C27H31N7O/c1-16-4-7-20(8-5-16)34-23-13-28-11-10-21(23)22-12-29-27(32-26(22)34)31-24-9-6-19-15-33(18(3)35)14-17(2)25(19)30-24/h6,9-13,16-17,20H,4-5,7-8,14-15H2,1-3H3,(H,29,30,31,32)/t16?,17-,20?/m1/s1. The van der Waals surface area contributed by atoms with Crippen LogP contribution in [0.3, 0.4) is 0 Å². The van der Waals surface area contributed by atoms with Gasteiger partial charge in [0.25, 0.3) is 0 Å². The van der Waals surface area contributed by atoms with Gasteiger partial charge in [-0.2, -0.15) is 4.98 Å². The van der Waals surface area contributed by atoms with Crippen molar-refractivity contribution < 1.29 is 4.79 Å². The zero-order valence-electron chi connectivity index (χ0n) is 20.5. The van der Waals surface area contributed by atoms with Gasteiger partial charge in [-0.05, 0) is 49.3 Å². The van der Waals surface area contributed by atoms with Crippen molar-refractivity contribution >= 4 is 39.6 Å². The number of carbonyl (C=O) groups is 1. The predicted molar refractivity (Wildman–Crippen MR) is 137 cm³/mol. The van der Waals surface area contributed by atoms with E-state index >= 15 is 0 Å². The molecule has 1 saturated carbocycles. The zero-order valence-corrected chi connectivity index (χ0v) is 20.5. The highest BCUT2D eigenvalue weighted by Gasteiger charge is 2.26. The highest BCUT2D eigenvalue weighted by molar-refractivity contribution is 6.06. The van der Waals surface area contributed by atoms with Gasteiger partial charge in [-0.1, -0.05) is 19.9 Å². The number of anilines is 2. The topological polar surface area (TPSA) is 88.8 Å². The molecule has 8 heteroatoms. The number of rotatable bonds is 3. The van der Waals surface area contributed by atoms with E-state index in [0.717, 1.165) is 57.8 Å². The minimum Gasteiger partial charge on any atom is -0.338 e. The van der Waals surface area contributed by atoms with Crippen molar-refractivity contribution in [2.75, 3.05) is 11.9 Å². The Kier molecular flexibility index (Phi) is 5.39. The molecule has 4 aromatic heterocycles. The second-order valence-electron chi connectivity index (χ2n) is 10.3. The molecule has 0 saturated heterocycles. The van der Waals surface area contributed by atoms with Crippen LogP contribution in [0.5, 0.6) is 0 Å². The van der Waals surface area contributed by atoms with E-state index in [4.69, 9.17) is 9.97 Å². The maximum Gasteiger partial charge on any atom is 0.230 e. The number of nitrogens with zero attached hydrogens (tertiary/aromatic N) is 6. The summed E-state index contributed by atoms with van der Waals surface area (Å²) >= 11 is 0. The molecule has 1 fully saturated rings. The summed E-state index contributed by atoms with van der Waals surface area (Å²) in [6.07, 6.45) is 10.5. The van der Waals surface area contributed by atoms with Gasteiger partial charge in [0.1, 0.15) is 11.5 Å². The first-order valence-corrected chi connectivity index (χ1v) is 12.6. The summed E-state index contributed by atoms with van der Waals surface area (Å²) < 4.78 is 2.38. The lowest BCUT2D eigenvalue weighted by Gasteiger charge is -2.31. The van der Waals surface area contributed by atoms with Gasteiger partial charge in [-0.15, -0.1) is 0 Å². The summed E-state index contributed by atoms with van der Waals surface area (Å²) in [5.74, 6) is 2.33. The van der Waals surface area contributed by atoms with Crippen molar-refractivity contribution in [3.05, 3.63) is 48.0 Å². The molecule has 6 rings (SSSR count). The summed E-state index contributed by atoms with van der Waals surface area (Å²) in [7, 11) is 0. The smallest absolute Gasteiger partial charge is 0.230 e. The maximum atomic E-state index is 11.9. The van der Waals surface area contributed by atoms with Crippen LogP contribution in [0.2, 0.25) is 0 Å². The third-order valence-corrected chi connectivity index (χ3v) is 7.72. The quantitative estimate of drug-likeness (QED) is 0.436. The van der Waals surface area contributed by atoms with Crippen LogP contribution in [0.4, 0.5) is 11.8 Å². The van der Waals surface area contributed by atoms with Gasteiger partial charge in [0.05, 0.1) is 17.4 Å². The van der Waals surface area contributed by atoms with Crippen molar-refractivity contribution in [3.8, 4) is 0 Å². The molecule has 0 radical (unpaired) electrons. The van der Waals surface area contributed by atoms with Crippen molar-refractivity contribution in [3.63, 3.8) is 0 Å². The highest BCUT2D eigenvalue weighted by Crippen LogP contribution is 2.38. The Morgan fingerprint density at radius 2 is 1.86 bits per heavy atom. The molecule has 4 aromatic rings. The Balaban J connectivity index is 1.36. The molecule has 1 aliphatic heterocycles. The minimum atomic E-state index is 0.101. The molecule has 1 aliphatic carbocycles. The maximum absolute atomic E-state index is 11.9. The lowest BCUT2D eigenvalue weighted by molar-refractivity contribution is -0.130. The van der Waals surface area contributed by atoms with Crippen molar-refractivity contribution in [2.45, 2.75) is 65.0 Å². The van der Waals surface area contributed by atoms with Gasteiger partial charge >= 0.3 is 0 Å². The molecule has 2 aliphatic rings. The molecule has 8 nitrogen and oxygen atoms in total. The molecule has 180 valence electrons. The van der Waals surface area contributed by atoms with Gasteiger partial charge in [-0.25, -0.2) is 9.97 Å².